The van der Waals surface area contributed by atoms with Gasteiger partial charge in [0.25, 0.3) is 0 Å². The number of H-pyrrole nitrogens is 1. The number of hydrogen-bond donors (Lipinski definition) is 1. The highest BCUT2D eigenvalue weighted by atomic mass is 79.9. The number of nitrogens with one attached hydrogen (secondary N) is 1. The second-order valence-corrected chi connectivity index (χ2v) is 7.28. The van der Waals surface area contributed by atoms with Crippen LogP contribution in [0.15, 0.2) is 51.3 Å². The van der Waals surface area contributed by atoms with Crippen molar-refractivity contribution in [1.29, 1.82) is 0 Å². The molecule has 0 fully saturated rings. The summed E-state index contributed by atoms with van der Waals surface area (Å²) >= 11 is 7.13. The fourth-order valence-electron chi connectivity index (χ4n) is 1.70. The van der Waals surface area contributed by atoms with Crippen molar-refractivity contribution in [2.75, 3.05) is 0 Å². The third-order valence-corrected chi connectivity index (χ3v) is 5.30. The number of aromatic nitrogens is 1. The third-order valence-electron chi connectivity index (χ3n) is 2.50. The summed E-state index contributed by atoms with van der Waals surface area (Å²) in [6, 6.07) is 14.9. The number of aromatic amines is 1. The van der Waals surface area contributed by atoms with E-state index in [-0.39, 0.29) is 0 Å². The van der Waals surface area contributed by atoms with Gasteiger partial charge in [-0.05, 0) is 40.2 Å². The van der Waals surface area contributed by atoms with Gasteiger partial charge in [0.15, 0.2) is 0 Å². The van der Waals surface area contributed by atoms with Gasteiger partial charge in [-0.3, -0.25) is 0 Å². The molecular weight excluding hydrogens is 314 g/mol. The summed E-state index contributed by atoms with van der Waals surface area (Å²) in [5.74, 6) is 1.02. The maximum atomic E-state index is 3.49. The molecule has 0 aliphatic carbocycles. The van der Waals surface area contributed by atoms with Gasteiger partial charge in [0.1, 0.15) is 0 Å². The van der Waals surface area contributed by atoms with Crippen LogP contribution in [-0.4, -0.2) is 4.98 Å². The van der Waals surface area contributed by atoms with Crippen molar-refractivity contribution in [2.24, 2.45) is 0 Å². The molecule has 0 saturated carbocycles. The van der Waals surface area contributed by atoms with E-state index in [1.54, 1.807) is 11.3 Å². The first-order valence-corrected chi connectivity index (χ1v) is 7.85. The number of thioether (sulfide) groups is 1. The van der Waals surface area contributed by atoms with Crippen LogP contribution in [0.2, 0.25) is 0 Å². The Balaban J connectivity index is 1.76. The standard InChI is InChI=1S/C13H10BrNS2/c14-12-6-5-10(17-12)8-16-13-7-9-3-1-2-4-11(9)15-13/h1-7,15H,8H2. The number of thiophene rings is 1. The molecule has 2 aromatic heterocycles. The van der Waals surface area contributed by atoms with Crippen molar-refractivity contribution >= 4 is 49.9 Å². The van der Waals surface area contributed by atoms with Gasteiger partial charge in [-0.2, -0.15) is 0 Å². The van der Waals surface area contributed by atoms with E-state index in [0.717, 1.165) is 5.75 Å². The zero-order valence-electron chi connectivity index (χ0n) is 8.94. The minimum atomic E-state index is 1.02. The highest BCUT2D eigenvalue weighted by molar-refractivity contribution is 9.11. The Kier molecular flexibility index (Phi) is 3.27. The van der Waals surface area contributed by atoms with Gasteiger partial charge < -0.3 is 4.98 Å². The summed E-state index contributed by atoms with van der Waals surface area (Å²) in [6.07, 6.45) is 0. The molecule has 3 rings (SSSR count). The van der Waals surface area contributed by atoms with Crippen LogP contribution in [0.5, 0.6) is 0 Å². The van der Waals surface area contributed by atoms with Crippen LogP contribution in [0, 0.1) is 0 Å². The first-order chi connectivity index (χ1) is 8.31. The first-order valence-electron chi connectivity index (χ1n) is 5.26. The van der Waals surface area contributed by atoms with E-state index in [1.165, 1.54) is 24.6 Å². The van der Waals surface area contributed by atoms with E-state index in [2.05, 4.69) is 63.4 Å². The molecule has 1 aromatic carbocycles. The average molecular weight is 324 g/mol. The van der Waals surface area contributed by atoms with Crippen LogP contribution in [0.25, 0.3) is 10.9 Å². The van der Waals surface area contributed by atoms with Crippen LogP contribution < -0.4 is 0 Å². The van der Waals surface area contributed by atoms with Gasteiger partial charge in [-0.25, -0.2) is 0 Å². The van der Waals surface area contributed by atoms with Gasteiger partial charge in [-0.1, -0.05) is 18.2 Å². The number of halogens is 1. The monoisotopic (exact) mass is 323 g/mol. The molecule has 86 valence electrons. The summed E-state index contributed by atoms with van der Waals surface area (Å²) in [6.45, 7) is 0. The normalized spacial score (nSPS) is 11.1. The van der Waals surface area contributed by atoms with E-state index in [9.17, 15) is 0 Å². The van der Waals surface area contributed by atoms with Crippen molar-refractivity contribution in [3.63, 3.8) is 0 Å². The smallest absolute Gasteiger partial charge is 0.0736 e. The molecule has 0 bridgehead atoms. The Morgan fingerprint density at radius 2 is 2.06 bits per heavy atom. The number of benzene rings is 1. The summed E-state index contributed by atoms with van der Waals surface area (Å²) in [5, 5.41) is 2.51. The highest BCUT2D eigenvalue weighted by Crippen LogP contribution is 2.30. The maximum Gasteiger partial charge on any atom is 0.0736 e. The largest absolute Gasteiger partial charge is 0.350 e. The topological polar surface area (TPSA) is 15.8 Å². The SMILES string of the molecule is Brc1ccc(CSc2cc3ccccc3[nH]2)s1. The van der Waals surface area contributed by atoms with Crippen LogP contribution in [0.3, 0.4) is 0 Å². The molecule has 0 radical (unpaired) electrons. The van der Waals surface area contributed by atoms with Crippen LogP contribution in [0.4, 0.5) is 0 Å². The molecule has 1 N–H and O–H groups in total. The van der Waals surface area contributed by atoms with Gasteiger partial charge in [-0.15, -0.1) is 23.1 Å². The molecule has 0 aliphatic rings. The maximum absolute atomic E-state index is 3.49. The minimum Gasteiger partial charge on any atom is -0.350 e. The number of hydrogen-bond acceptors (Lipinski definition) is 2. The highest BCUT2D eigenvalue weighted by Gasteiger charge is 2.02. The predicted octanol–water partition coefficient (Wildman–Crippen LogP) is 5.28. The lowest BCUT2D eigenvalue weighted by molar-refractivity contribution is 1.23. The molecule has 0 amide bonds. The lowest BCUT2D eigenvalue weighted by Gasteiger charge is -1.94. The van der Waals surface area contributed by atoms with Crippen molar-refractivity contribution in [2.45, 2.75) is 10.8 Å². The number of fused-ring (bicyclic) bond motifs is 1. The molecule has 0 saturated heterocycles. The molecule has 17 heavy (non-hydrogen) atoms. The summed E-state index contributed by atoms with van der Waals surface area (Å²) in [4.78, 5) is 4.82. The minimum absolute atomic E-state index is 1.02. The second kappa shape index (κ2) is 4.88. The molecular formula is C13H10BrNS2. The number of para-hydroxylation sites is 1. The van der Waals surface area contributed by atoms with Crippen LogP contribution in [-0.2, 0) is 5.75 Å². The van der Waals surface area contributed by atoms with Crippen molar-refractivity contribution in [3.8, 4) is 0 Å². The van der Waals surface area contributed by atoms with Crippen LogP contribution >= 0.6 is 39.0 Å². The van der Waals surface area contributed by atoms with Gasteiger partial charge in [0.2, 0.25) is 0 Å². The molecule has 0 spiro atoms. The Morgan fingerprint density at radius 1 is 1.18 bits per heavy atom. The van der Waals surface area contributed by atoms with E-state index < -0.39 is 0 Å². The number of rotatable bonds is 3. The Morgan fingerprint density at radius 3 is 2.82 bits per heavy atom. The zero-order valence-corrected chi connectivity index (χ0v) is 12.2. The van der Waals surface area contributed by atoms with Gasteiger partial charge in [0, 0.05) is 21.5 Å². The summed E-state index contributed by atoms with van der Waals surface area (Å²) < 4.78 is 1.20. The first kappa shape index (κ1) is 11.4. The lowest BCUT2D eigenvalue weighted by atomic mass is 10.3. The van der Waals surface area contributed by atoms with E-state index >= 15 is 0 Å². The fraction of sp³-hybridized carbons (Fsp3) is 0.0769. The molecule has 3 aromatic rings. The molecule has 4 heteroatoms. The Hall–Kier alpha value is -0.710. The van der Waals surface area contributed by atoms with Crippen molar-refractivity contribution in [3.05, 3.63) is 51.1 Å². The van der Waals surface area contributed by atoms with Gasteiger partial charge in [0.05, 0.1) is 8.81 Å². The Bertz CT molecular complexity index is 608. The van der Waals surface area contributed by atoms with Crippen molar-refractivity contribution < 1.29 is 0 Å². The van der Waals surface area contributed by atoms with E-state index in [4.69, 9.17) is 0 Å². The van der Waals surface area contributed by atoms with Gasteiger partial charge >= 0.3 is 0 Å². The molecule has 2 heterocycles. The average Bonchev–Trinajstić information content (AvgIpc) is 2.91. The molecule has 0 unspecified atom stereocenters. The second-order valence-electron chi connectivity index (χ2n) is 3.72. The van der Waals surface area contributed by atoms with Crippen molar-refractivity contribution in [1.82, 2.24) is 4.98 Å². The van der Waals surface area contributed by atoms with E-state index in [1.807, 2.05) is 11.8 Å². The summed E-state index contributed by atoms with van der Waals surface area (Å²) in [5.41, 5.74) is 1.21. The fourth-order valence-corrected chi connectivity index (χ4v) is 4.18. The predicted molar refractivity (Wildman–Crippen MR) is 79.9 cm³/mol. The quantitative estimate of drug-likeness (QED) is 0.648. The molecule has 0 aliphatic heterocycles. The lowest BCUT2D eigenvalue weighted by Crippen LogP contribution is -1.73. The molecule has 1 nitrogen and oxygen atoms in total. The third kappa shape index (κ3) is 2.59. The van der Waals surface area contributed by atoms with Crippen LogP contribution in [0.1, 0.15) is 4.88 Å². The molecule has 0 atom stereocenters. The Labute approximate surface area is 116 Å². The summed E-state index contributed by atoms with van der Waals surface area (Å²) in [7, 11) is 0. The van der Waals surface area contributed by atoms with E-state index in [0.29, 0.717) is 0 Å². The zero-order chi connectivity index (χ0) is 11.7.